The van der Waals surface area contributed by atoms with Gasteiger partial charge < -0.3 is 5.32 Å². The third kappa shape index (κ3) is 2.39. The maximum Gasteiger partial charge on any atom is 0.111 e. The Balaban J connectivity index is 1.91. The number of aryl methyl sites for hydroxylation is 1. The van der Waals surface area contributed by atoms with Crippen molar-refractivity contribution in [3.05, 3.63) is 47.2 Å². The molecule has 19 heavy (non-hydrogen) atoms. The van der Waals surface area contributed by atoms with Crippen LogP contribution in [0.25, 0.3) is 10.2 Å². The second kappa shape index (κ2) is 5.11. The molecule has 1 unspecified atom stereocenters. The summed E-state index contributed by atoms with van der Waals surface area (Å²) < 4.78 is 3.15. The van der Waals surface area contributed by atoms with Crippen molar-refractivity contribution in [3.63, 3.8) is 0 Å². The molecule has 0 aliphatic heterocycles. The number of para-hydroxylation sites is 1. The lowest BCUT2D eigenvalue weighted by Gasteiger charge is -2.13. The van der Waals surface area contributed by atoms with Crippen molar-refractivity contribution in [2.24, 2.45) is 7.05 Å². The van der Waals surface area contributed by atoms with Crippen LogP contribution in [0.1, 0.15) is 16.7 Å². The number of nitrogens with one attached hydrogen (secondary N) is 1. The van der Waals surface area contributed by atoms with Crippen molar-refractivity contribution in [2.45, 2.75) is 12.5 Å². The first-order valence-electron chi connectivity index (χ1n) is 6.27. The molecular weight excluding hydrogens is 256 g/mol. The minimum atomic E-state index is 0.229. The van der Waals surface area contributed by atoms with Gasteiger partial charge in [-0.05, 0) is 25.2 Å². The van der Waals surface area contributed by atoms with Crippen LogP contribution in [0.3, 0.4) is 0 Å². The first-order chi connectivity index (χ1) is 9.28. The maximum absolute atomic E-state index is 4.72. The summed E-state index contributed by atoms with van der Waals surface area (Å²) >= 11 is 1.75. The van der Waals surface area contributed by atoms with Crippen molar-refractivity contribution in [2.75, 3.05) is 7.05 Å². The zero-order valence-corrected chi connectivity index (χ0v) is 11.8. The van der Waals surface area contributed by atoms with E-state index >= 15 is 0 Å². The van der Waals surface area contributed by atoms with Gasteiger partial charge in [-0.3, -0.25) is 4.68 Å². The number of aromatic nitrogens is 3. The van der Waals surface area contributed by atoms with E-state index in [1.807, 2.05) is 31.0 Å². The molecule has 0 bridgehead atoms. The molecule has 1 atom stereocenters. The molecule has 0 fully saturated rings. The Morgan fingerprint density at radius 3 is 2.84 bits per heavy atom. The second-order valence-electron chi connectivity index (χ2n) is 4.51. The molecule has 1 N–H and O–H groups in total. The van der Waals surface area contributed by atoms with Crippen molar-refractivity contribution in [1.29, 1.82) is 0 Å². The fourth-order valence-electron chi connectivity index (χ4n) is 2.16. The molecule has 1 aromatic carbocycles. The molecular formula is C14H16N4S. The highest BCUT2D eigenvalue weighted by atomic mass is 32.1. The van der Waals surface area contributed by atoms with Gasteiger partial charge in [0.05, 0.1) is 16.3 Å². The number of hydrogen-bond donors (Lipinski definition) is 1. The number of benzene rings is 1. The molecule has 3 aromatic rings. The van der Waals surface area contributed by atoms with E-state index in [4.69, 9.17) is 4.98 Å². The lowest BCUT2D eigenvalue weighted by atomic mass is 10.1. The monoisotopic (exact) mass is 272 g/mol. The summed E-state index contributed by atoms with van der Waals surface area (Å²) in [5.74, 6) is 0. The van der Waals surface area contributed by atoms with Crippen molar-refractivity contribution < 1.29 is 0 Å². The SMILES string of the molecule is CNC(Cc1ccnn1C)c1nc2ccccc2s1. The minimum Gasteiger partial charge on any atom is -0.311 e. The molecule has 0 amide bonds. The number of thiazole rings is 1. The van der Waals surface area contributed by atoms with Crippen LogP contribution in [0.15, 0.2) is 36.5 Å². The van der Waals surface area contributed by atoms with Crippen LogP contribution in [0.2, 0.25) is 0 Å². The zero-order valence-electron chi connectivity index (χ0n) is 11.0. The van der Waals surface area contributed by atoms with Crippen LogP contribution in [0.4, 0.5) is 0 Å². The lowest BCUT2D eigenvalue weighted by Crippen LogP contribution is -2.19. The Morgan fingerprint density at radius 2 is 2.16 bits per heavy atom. The third-order valence-electron chi connectivity index (χ3n) is 3.29. The summed E-state index contributed by atoms with van der Waals surface area (Å²) in [6.45, 7) is 0. The average molecular weight is 272 g/mol. The van der Waals surface area contributed by atoms with Gasteiger partial charge in [0, 0.05) is 25.4 Å². The summed E-state index contributed by atoms with van der Waals surface area (Å²) in [5.41, 5.74) is 2.28. The smallest absolute Gasteiger partial charge is 0.111 e. The lowest BCUT2D eigenvalue weighted by molar-refractivity contribution is 0.560. The van der Waals surface area contributed by atoms with Gasteiger partial charge in [-0.25, -0.2) is 4.98 Å². The molecule has 0 saturated heterocycles. The van der Waals surface area contributed by atoms with E-state index in [2.05, 4.69) is 34.7 Å². The van der Waals surface area contributed by atoms with E-state index in [9.17, 15) is 0 Å². The predicted molar refractivity (Wildman–Crippen MR) is 78.3 cm³/mol. The summed E-state index contributed by atoms with van der Waals surface area (Å²) in [7, 11) is 3.95. The highest BCUT2D eigenvalue weighted by molar-refractivity contribution is 7.18. The van der Waals surface area contributed by atoms with Crippen molar-refractivity contribution in [1.82, 2.24) is 20.1 Å². The van der Waals surface area contributed by atoms with E-state index < -0.39 is 0 Å². The molecule has 98 valence electrons. The van der Waals surface area contributed by atoms with Gasteiger partial charge in [0.25, 0.3) is 0 Å². The van der Waals surface area contributed by atoms with E-state index in [1.165, 1.54) is 10.4 Å². The Labute approximate surface area is 116 Å². The summed E-state index contributed by atoms with van der Waals surface area (Å²) in [6.07, 6.45) is 2.73. The Morgan fingerprint density at radius 1 is 1.32 bits per heavy atom. The standard InChI is InChI=1S/C14H16N4S/c1-15-12(9-10-7-8-16-18(10)2)14-17-11-5-3-4-6-13(11)19-14/h3-8,12,15H,9H2,1-2H3. The molecule has 2 aromatic heterocycles. The van der Waals surface area contributed by atoms with Crippen LogP contribution in [0, 0.1) is 0 Å². The van der Waals surface area contributed by atoms with Crippen LogP contribution < -0.4 is 5.32 Å². The van der Waals surface area contributed by atoms with Gasteiger partial charge >= 0.3 is 0 Å². The third-order valence-corrected chi connectivity index (χ3v) is 4.44. The predicted octanol–water partition coefficient (Wildman–Crippen LogP) is 2.53. The average Bonchev–Trinajstić information content (AvgIpc) is 3.02. The molecule has 0 radical (unpaired) electrons. The molecule has 0 aliphatic rings. The quantitative estimate of drug-likeness (QED) is 0.793. The highest BCUT2D eigenvalue weighted by Crippen LogP contribution is 2.27. The van der Waals surface area contributed by atoms with E-state index in [-0.39, 0.29) is 6.04 Å². The fourth-order valence-corrected chi connectivity index (χ4v) is 3.24. The summed E-state index contributed by atoms with van der Waals surface area (Å²) in [5, 5.41) is 8.69. The van der Waals surface area contributed by atoms with Gasteiger partial charge in [-0.15, -0.1) is 11.3 Å². The molecule has 0 saturated carbocycles. The first kappa shape index (κ1) is 12.3. The second-order valence-corrected chi connectivity index (χ2v) is 5.57. The van der Waals surface area contributed by atoms with Gasteiger partial charge in [0.2, 0.25) is 0 Å². The largest absolute Gasteiger partial charge is 0.311 e. The zero-order chi connectivity index (χ0) is 13.2. The Kier molecular flexibility index (Phi) is 3.31. The van der Waals surface area contributed by atoms with Crippen LogP contribution in [-0.2, 0) is 13.5 Å². The van der Waals surface area contributed by atoms with Gasteiger partial charge in [0.15, 0.2) is 0 Å². The maximum atomic E-state index is 4.72. The van der Waals surface area contributed by atoms with Crippen LogP contribution in [0.5, 0.6) is 0 Å². The Hall–Kier alpha value is -1.72. The van der Waals surface area contributed by atoms with E-state index in [1.54, 1.807) is 11.3 Å². The molecule has 0 aliphatic carbocycles. The highest BCUT2D eigenvalue weighted by Gasteiger charge is 2.16. The van der Waals surface area contributed by atoms with E-state index in [0.717, 1.165) is 16.9 Å². The van der Waals surface area contributed by atoms with Gasteiger partial charge in [-0.1, -0.05) is 12.1 Å². The van der Waals surface area contributed by atoms with Crippen molar-refractivity contribution in [3.8, 4) is 0 Å². The number of likely N-dealkylation sites (N-methyl/N-ethyl adjacent to an activating group) is 1. The summed E-state index contributed by atoms with van der Waals surface area (Å²) in [6, 6.07) is 10.5. The number of hydrogen-bond acceptors (Lipinski definition) is 4. The molecule has 2 heterocycles. The number of fused-ring (bicyclic) bond motifs is 1. The van der Waals surface area contributed by atoms with Gasteiger partial charge in [0.1, 0.15) is 5.01 Å². The summed E-state index contributed by atoms with van der Waals surface area (Å²) in [4.78, 5) is 4.72. The first-order valence-corrected chi connectivity index (χ1v) is 7.09. The fraction of sp³-hybridized carbons (Fsp3) is 0.286. The van der Waals surface area contributed by atoms with Crippen LogP contribution in [-0.4, -0.2) is 21.8 Å². The number of rotatable bonds is 4. The topological polar surface area (TPSA) is 42.7 Å². The van der Waals surface area contributed by atoms with Gasteiger partial charge in [-0.2, -0.15) is 5.10 Å². The molecule has 5 heteroatoms. The molecule has 3 rings (SSSR count). The van der Waals surface area contributed by atoms with Crippen molar-refractivity contribution >= 4 is 21.6 Å². The van der Waals surface area contributed by atoms with E-state index in [0.29, 0.717) is 0 Å². The Bertz CT molecular complexity index is 652. The molecule has 4 nitrogen and oxygen atoms in total. The number of nitrogens with zero attached hydrogens (tertiary/aromatic N) is 3. The normalized spacial score (nSPS) is 12.9. The minimum absolute atomic E-state index is 0.229. The molecule has 0 spiro atoms. The van der Waals surface area contributed by atoms with Crippen LogP contribution >= 0.6 is 11.3 Å².